The molecule has 1 N–H and O–H groups in total. The van der Waals surface area contributed by atoms with Gasteiger partial charge in [0.2, 0.25) is 5.91 Å². The van der Waals surface area contributed by atoms with Gasteiger partial charge in [-0.1, -0.05) is 24.6 Å². The number of carbonyl (C=O) groups excluding carboxylic acids is 1. The number of likely N-dealkylation sites (N-methyl/N-ethyl adjacent to an activating group) is 1. The maximum atomic E-state index is 13.1. The lowest BCUT2D eigenvalue weighted by Crippen LogP contribution is -2.48. The Morgan fingerprint density at radius 3 is 2.58 bits per heavy atom. The van der Waals surface area contributed by atoms with Crippen molar-refractivity contribution in [3.05, 3.63) is 34.6 Å². The number of carboxylic acid groups (broad SMARTS) is 1. The molecule has 0 radical (unpaired) electrons. The maximum absolute atomic E-state index is 13.1. The van der Waals surface area contributed by atoms with E-state index in [2.05, 4.69) is 0 Å². The lowest BCUT2D eigenvalue weighted by Gasteiger charge is -2.37. The van der Waals surface area contributed by atoms with Crippen LogP contribution in [0.2, 0.25) is 5.02 Å². The summed E-state index contributed by atoms with van der Waals surface area (Å²) in [5.41, 5.74) is 0.617. The highest BCUT2D eigenvalue weighted by molar-refractivity contribution is 6.31. The molecule has 0 aliphatic carbocycles. The number of hydrogen-bond donors (Lipinski definition) is 1. The molecule has 2 rings (SSSR count). The molecule has 0 aromatic heterocycles. The van der Waals surface area contributed by atoms with Gasteiger partial charge in [0, 0.05) is 24.2 Å². The van der Waals surface area contributed by atoms with Gasteiger partial charge in [-0.25, -0.2) is 4.39 Å². The number of hydrogen-bond acceptors (Lipinski definition) is 3. The monoisotopic (exact) mass is 356 g/mol. The number of piperidine rings is 1. The van der Waals surface area contributed by atoms with Crippen LogP contribution in [0.5, 0.6) is 0 Å². The van der Waals surface area contributed by atoms with Crippen molar-refractivity contribution >= 4 is 23.5 Å². The van der Waals surface area contributed by atoms with Gasteiger partial charge in [-0.15, -0.1) is 0 Å². The Kier molecular flexibility index (Phi) is 6.57. The van der Waals surface area contributed by atoms with Gasteiger partial charge in [-0.2, -0.15) is 0 Å². The van der Waals surface area contributed by atoms with E-state index in [0.717, 1.165) is 12.8 Å². The summed E-state index contributed by atoms with van der Waals surface area (Å²) in [5.74, 6) is -1.29. The number of rotatable bonds is 6. The molecule has 24 heavy (non-hydrogen) atoms. The summed E-state index contributed by atoms with van der Waals surface area (Å²) < 4.78 is 13.1. The van der Waals surface area contributed by atoms with Gasteiger partial charge in [-0.05, 0) is 37.1 Å². The summed E-state index contributed by atoms with van der Waals surface area (Å²) in [7, 11) is 0. The first-order valence-corrected chi connectivity index (χ1v) is 8.46. The molecule has 1 heterocycles. The Labute approximate surface area is 146 Å². The fourth-order valence-electron chi connectivity index (χ4n) is 3.09. The minimum Gasteiger partial charge on any atom is -0.480 e. The zero-order valence-corrected chi connectivity index (χ0v) is 14.4. The average Bonchev–Trinajstić information content (AvgIpc) is 2.55. The largest absolute Gasteiger partial charge is 0.480 e. The molecule has 0 atom stereocenters. The fourth-order valence-corrected chi connectivity index (χ4v) is 3.33. The Morgan fingerprint density at radius 2 is 2.04 bits per heavy atom. The number of likely N-dealkylation sites (tertiary alicyclic amines) is 1. The van der Waals surface area contributed by atoms with Crippen LogP contribution in [0.3, 0.4) is 0 Å². The van der Waals surface area contributed by atoms with Crippen LogP contribution in [-0.2, 0) is 16.0 Å². The summed E-state index contributed by atoms with van der Waals surface area (Å²) in [6, 6.07) is 4.23. The first kappa shape index (κ1) is 18.7. The van der Waals surface area contributed by atoms with E-state index in [1.807, 2.05) is 11.8 Å². The Hall–Kier alpha value is -1.66. The third kappa shape index (κ3) is 4.92. The van der Waals surface area contributed by atoms with Crippen molar-refractivity contribution in [2.24, 2.45) is 0 Å². The molecule has 0 bridgehead atoms. The topological polar surface area (TPSA) is 60.9 Å². The third-order valence-corrected chi connectivity index (χ3v) is 4.79. The van der Waals surface area contributed by atoms with E-state index in [4.69, 9.17) is 16.7 Å². The minimum absolute atomic E-state index is 0.0281. The Bertz CT molecular complexity index is 603. The van der Waals surface area contributed by atoms with Crippen LogP contribution in [0.4, 0.5) is 4.39 Å². The molecule has 5 nitrogen and oxygen atoms in total. The molecule has 1 aromatic rings. The van der Waals surface area contributed by atoms with Crippen molar-refractivity contribution in [2.45, 2.75) is 32.2 Å². The third-order valence-electron chi connectivity index (χ3n) is 4.43. The number of aliphatic carboxylic acids is 1. The molecule has 0 saturated carbocycles. The highest BCUT2D eigenvalue weighted by atomic mass is 35.5. The molecule has 1 aliphatic heterocycles. The molecule has 1 amide bonds. The van der Waals surface area contributed by atoms with Crippen molar-refractivity contribution in [3.8, 4) is 0 Å². The summed E-state index contributed by atoms with van der Waals surface area (Å²) >= 11 is 5.97. The van der Waals surface area contributed by atoms with Gasteiger partial charge in [0.05, 0.1) is 13.0 Å². The van der Waals surface area contributed by atoms with Crippen LogP contribution in [0.25, 0.3) is 0 Å². The second kappa shape index (κ2) is 8.44. The van der Waals surface area contributed by atoms with Crippen molar-refractivity contribution in [1.29, 1.82) is 0 Å². The molecule has 7 heteroatoms. The van der Waals surface area contributed by atoms with E-state index in [-0.39, 0.29) is 29.9 Å². The average molecular weight is 357 g/mol. The Balaban J connectivity index is 1.89. The number of carbonyl (C=O) groups is 2. The zero-order valence-electron chi connectivity index (χ0n) is 13.7. The number of carboxylic acids is 1. The lowest BCUT2D eigenvalue weighted by molar-refractivity contribution is -0.140. The zero-order chi connectivity index (χ0) is 17.7. The first-order valence-electron chi connectivity index (χ1n) is 8.08. The van der Waals surface area contributed by atoms with E-state index in [1.54, 1.807) is 4.90 Å². The van der Waals surface area contributed by atoms with Gasteiger partial charge >= 0.3 is 5.97 Å². The van der Waals surface area contributed by atoms with Crippen LogP contribution in [0.1, 0.15) is 25.3 Å². The number of halogens is 2. The van der Waals surface area contributed by atoms with E-state index >= 15 is 0 Å². The molecule has 1 saturated heterocycles. The van der Waals surface area contributed by atoms with Crippen molar-refractivity contribution in [3.63, 3.8) is 0 Å². The van der Waals surface area contributed by atoms with Crippen molar-refractivity contribution in [1.82, 2.24) is 9.80 Å². The standard InChI is InChI=1S/C17H22ClFN2O3/c1-2-20(11-17(23)24)14-5-7-21(8-6-14)16(22)9-12-3-4-13(19)10-15(12)18/h3-4,10,14H,2,5-9,11H2,1H3,(H,23,24). The predicted octanol–water partition coefficient (Wildman–Crippen LogP) is 2.42. The van der Waals surface area contributed by atoms with Crippen molar-refractivity contribution in [2.75, 3.05) is 26.2 Å². The molecular weight excluding hydrogens is 335 g/mol. The molecule has 132 valence electrons. The van der Waals surface area contributed by atoms with Gasteiger partial charge in [-0.3, -0.25) is 14.5 Å². The SMILES string of the molecule is CCN(CC(=O)O)C1CCN(C(=O)Cc2ccc(F)cc2Cl)CC1. The van der Waals surface area contributed by atoms with Crippen LogP contribution in [0.15, 0.2) is 18.2 Å². The van der Waals surface area contributed by atoms with E-state index in [0.29, 0.717) is 25.2 Å². The lowest BCUT2D eigenvalue weighted by atomic mass is 10.0. The van der Waals surface area contributed by atoms with E-state index in [9.17, 15) is 14.0 Å². The smallest absolute Gasteiger partial charge is 0.317 e. The highest BCUT2D eigenvalue weighted by Crippen LogP contribution is 2.21. The van der Waals surface area contributed by atoms with Crippen LogP contribution in [0, 0.1) is 5.82 Å². The van der Waals surface area contributed by atoms with Crippen LogP contribution in [-0.4, -0.2) is 59.0 Å². The van der Waals surface area contributed by atoms with Crippen LogP contribution >= 0.6 is 11.6 Å². The molecule has 1 aliphatic rings. The fraction of sp³-hybridized carbons (Fsp3) is 0.529. The normalized spacial score (nSPS) is 15.8. The number of benzene rings is 1. The second-order valence-corrected chi connectivity index (χ2v) is 6.39. The maximum Gasteiger partial charge on any atom is 0.317 e. The summed E-state index contributed by atoms with van der Waals surface area (Å²) in [6.45, 7) is 3.84. The molecule has 1 aromatic carbocycles. The first-order chi connectivity index (χ1) is 11.4. The Morgan fingerprint density at radius 1 is 1.38 bits per heavy atom. The molecule has 0 unspecified atom stereocenters. The van der Waals surface area contributed by atoms with E-state index < -0.39 is 11.8 Å². The van der Waals surface area contributed by atoms with Gasteiger partial charge in [0.1, 0.15) is 5.82 Å². The molecular formula is C17H22ClFN2O3. The second-order valence-electron chi connectivity index (χ2n) is 5.98. The molecule has 1 fully saturated rings. The summed E-state index contributed by atoms with van der Waals surface area (Å²) in [4.78, 5) is 27.0. The quantitative estimate of drug-likeness (QED) is 0.850. The summed E-state index contributed by atoms with van der Waals surface area (Å²) in [5, 5.41) is 9.21. The predicted molar refractivity (Wildman–Crippen MR) is 89.6 cm³/mol. The van der Waals surface area contributed by atoms with Gasteiger partial charge < -0.3 is 10.0 Å². The minimum atomic E-state index is -0.832. The molecule has 0 spiro atoms. The van der Waals surface area contributed by atoms with Gasteiger partial charge in [0.15, 0.2) is 0 Å². The highest BCUT2D eigenvalue weighted by Gasteiger charge is 2.27. The van der Waals surface area contributed by atoms with Crippen LogP contribution < -0.4 is 0 Å². The number of nitrogens with zero attached hydrogens (tertiary/aromatic N) is 2. The van der Waals surface area contributed by atoms with Crippen molar-refractivity contribution < 1.29 is 19.1 Å². The number of amides is 1. The summed E-state index contributed by atoms with van der Waals surface area (Å²) in [6.07, 6.45) is 1.66. The van der Waals surface area contributed by atoms with Gasteiger partial charge in [0.25, 0.3) is 0 Å². The van der Waals surface area contributed by atoms with E-state index in [1.165, 1.54) is 18.2 Å².